The van der Waals surface area contributed by atoms with Gasteiger partial charge in [0.1, 0.15) is 0 Å². The molecule has 12 heteroatoms. The summed E-state index contributed by atoms with van der Waals surface area (Å²) in [5.41, 5.74) is 1.28. The van der Waals surface area contributed by atoms with Crippen molar-refractivity contribution in [3.05, 3.63) is 59.7 Å². The Morgan fingerprint density at radius 2 is 1.73 bits per heavy atom. The third-order valence-electron chi connectivity index (χ3n) is 5.20. The number of hydrogen-bond acceptors (Lipinski definition) is 7. The van der Waals surface area contributed by atoms with Crippen LogP contribution in [0.15, 0.2) is 53.4 Å². The fraction of sp³-hybridized carbons (Fsp3) is 0.400. The molecule has 0 fully saturated rings. The van der Waals surface area contributed by atoms with Gasteiger partial charge in [-0.15, -0.1) is 0 Å². The minimum absolute atomic E-state index is 0.0455. The van der Waals surface area contributed by atoms with E-state index in [-0.39, 0.29) is 28.8 Å². The smallest absolute Gasteiger partial charge is 0.338 e. The summed E-state index contributed by atoms with van der Waals surface area (Å²) < 4.78 is 33.2. The molecule has 2 aromatic carbocycles. The summed E-state index contributed by atoms with van der Waals surface area (Å²) in [6, 6.07) is 10.7. The summed E-state index contributed by atoms with van der Waals surface area (Å²) in [6.07, 6.45) is 4.58. The van der Waals surface area contributed by atoms with E-state index >= 15 is 0 Å². The number of benzene rings is 2. The van der Waals surface area contributed by atoms with Gasteiger partial charge in [-0.2, -0.15) is 0 Å². The Labute approximate surface area is 223 Å². The van der Waals surface area contributed by atoms with E-state index < -0.39 is 22.0 Å². The number of sulfonamides is 1. The molecule has 0 atom stereocenters. The van der Waals surface area contributed by atoms with Gasteiger partial charge in [-0.25, -0.2) is 27.5 Å². The first-order chi connectivity index (χ1) is 17.6. The van der Waals surface area contributed by atoms with Crippen LogP contribution in [0.2, 0.25) is 0 Å². The second kappa shape index (κ2) is 15.1. The van der Waals surface area contributed by atoms with Gasteiger partial charge in [-0.05, 0) is 50.1 Å². The number of hydrogen-bond donors (Lipinski definition) is 4. The van der Waals surface area contributed by atoms with E-state index in [4.69, 9.17) is 4.74 Å². The molecule has 2 aromatic rings. The standard InChI is InChI=1S/C25H34N4O6S2/c1-3-4-5-6-16-29(36)25(32)26-15-8-17-35-23(30)20-9-7-10-21(18-20)27-24(31)28-37(33,34)22-13-11-19(2)12-14-22/h7,9-14,18,36H,3-6,8,15-17H2,1-2H3,(H,26,32)(H2,27,28,31). The fourth-order valence-corrected chi connectivity index (χ4v) is 4.30. The van der Waals surface area contributed by atoms with Crippen molar-refractivity contribution in [2.75, 3.05) is 25.0 Å². The number of urea groups is 2. The Hall–Kier alpha value is -3.25. The van der Waals surface area contributed by atoms with E-state index in [1.165, 1.54) is 40.7 Å². The third-order valence-corrected chi connectivity index (χ3v) is 6.93. The molecule has 0 bridgehead atoms. The fourth-order valence-electron chi connectivity index (χ4n) is 3.18. The van der Waals surface area contributed by atoms with Crippen LogP contribution in [0.4, 0.5) is 15.3 Å². The van der Waals surface area contributed by atoms with Crippen molar-refractivity contribution in [2.24, 2.45) is 0 Å². The Kier molecular flexibility index (Phi) is 12.2. The molecule has 0 saturated heterocycles. The van der Waals surface area contributed by atoms with Gasteiger partial charge >= 0.3 is 18.0 Å². The number of carbonyl (C=O) groups is 3. The van der Waals surface area contributed by atoms with Crippen LogP contribution in [0, 0.1) is 6.92 Å². The monoisotopic (exact) mass is 550 g/mol. The first-order valence-electron chi connectivity index (χ1n) is 12.0. The highest BCUT2D eigenvalue weighted by Crippen LogP contribution is 2.14. The largest absolute Gasteiger partial charge is 0.462 e. The average molecular weight is 551 g/mol. The Morgan fingerprint density at radius 3 is 2.43 bits per heavy atom. The van der Waals surface area contributed by atoms with Gasteiger partial charge in [0.2, 0.25) is 0 Å². The number of thiol groups is 1. The van der Waals surface area contributed by atoms with Crippen LogP contribution in [-0.2, 0) is 14.8 Å². The lowest BCUT2D eigenvalue weighted by atomic mass is 10.2. The van der Waals surface area contributed by atoms with Crippen molar-refractivity contribution >= 4 is 46.6 Å². The van der Waals surface area contributed by atoms with Crippen LogP contribution in [0.1, 0.15) is 54.9 Å². The number of rotatable bonds is 13. The number of ether oxygens (including phenoxy) is 1. The number of carbonyl (C=O) groups excluding carboxylic acids is 3. The number of nitrogens with one attached hydrogen (secondary N) is 3. The van der Waals surface area contributed by atoms with Gasteiger partial charge < -0.3 is 15.4 Å². The van der Waals surface area contributed by atoms with Gasteiger partial charge in [0.25, 0.3) is 10.0 Å². The molecule has 4 amide bonds. The second-order valence-corrected chi connectivity index (χ2v) is 10.5. The van der Waals surface area contributed by atoms with Crippen LogP contribution in [0.5, 0.6) is 0 Å². The van der Waals surface area contributed by atoms with Crippen molar-refractivity contribution in [1.82, 2.24) is 14.3 Å². The van der Waals surface area contributed by atoms with Crippen molar-refractivity contribution in [3.8, 4) is 0 Å². The average Bonchev–Trinajstić information content (AvgIpc) is 2.86. The molecule has 0 heterocycles. The highest BCUT2D eigenvalue weighted by Gasteiger charge is 2.18. The van der Waals surface area contributed by atoms with E-state index in [1.807, 2.05) is 11.6 Å². The lowest BCUT2D eigenvalue weighted by Crippen LogP contribution is -2.35. The molecule has 0 aliphatic rings. The number of aryl methyl sites for hydroxylation is 1. The van der Waals surface area contributed by atoms with E-state index in [2.05, 4.69) is 30.4 Å². The van der Waals surface area contributed by atoms with Gasteiger partial charge in [-0.3, -0.25) is 4.31 Å². The first kappa shape index (κ1) is 30.0. The number of anilines is 1. The minimum Gasteiger partial charge on any atom is -0.462 e. The molecule has 0 radical (unpaired) electrons. The Balaban J connectivity index is 1.76. The maximum Gasteiger partial charge on any atom is 0.338 e. The minimum atomic E-state index is -4.05. The highest BCUT2D eigenvalue weighted by molar-refractivity contribution is 7.90. The van der Waals surface area contributed by atoms with Crippen LogP contribution >= 0.6 is 12.8 Å². The summed E-state index contributed by atoms with van der Waals surface area (Å²) in [5, 5.41) is 5.12. The molecule has 0 saturated carbocycles. The molecule has 3 N–H and O–H groups in total. The number of esters is 1. The molecular weight excluding hydrogens is 516 g/mol. The van der Waals surface area contributed by atoms with E-state index in [0.717, 1.165) is 31.2 Å². The topological polar surface area (TPSA) is 134 Å². The zero-order chi connectivity index (χ0) is 27.3. The van der Waals surface area contributed by atoms with Crippen molar-refractivity contribution in [2.45, 2.75) is 50.8 Å². The number of amides is 4. The van der Waals surface area contributed by atoms with Crippen molar-refractivity contribution < 1.29 is 27.5 Å². The summed E-state index contributed by atoms with van der Waals surface area (Å²) in [4.78, 5) is 36.5. The molecule has 37 heavy (non-hydrogen) atoms. The van der Waals surface area contributed by atoms with Gasteiger partial charge in [0.15, 0.2) is 0 Å². The third kappa shape index (κ3) is 10.7. The van der Waals surface area contributed by atoms with E-state index in [1.54, 1.807) is 12.1 Å². The lowest BCUT2D eigenvalue weighted by Gasteiger charge is -2.16. The molecule has 202 valence electrons. The second-order valence-electron chi connectivity index (χ2n) is 8.36. The van der Waals surface area contributed by atoms with Crippen molar-refractivity contribution in [1.29, 1.82) is 0 Å². The molecule has 2 rings (SSSR count). The molecule has 0 unspecified atom stereocenters. The van der Waals surface area contributed by atoms with Crippen LogP contribution in [-0.4, -0.2) is 50.5 Å². The molecule has 0 spiro atoms. The molecule has 0 aromatic heterocycles. The van der Waals surface area contributed by atoms with Crippen molar-refractivity contribution in [3.63, 3.8) is 0 Å². The summed E-state index contributed by atoms with van der Waals surface area (Å²) in [6.45, 7) is 4.89. The maximum absolute atomic E-state index is 12.4. The normalized spacial score (nSPS) is 10.9. The molecule has 0 aliphatic carbocycles. The first-order valence-corrected chi connectivity index (χ1v) is 13.9. The van der Waals surface area contributed by atoms with Gasteiger partial charge in [0.05, 0.1) is 17.1 Å². The molecule has 0 aliphatic heterocycles. The number of nitrogens with zero attached hydrogens (tertiary/aromatic N) is 1. The van der Waals surface area contributed by atoms with E-state index in [9.17, 15) is 22.8 Å². The zero-order valence-electron chi connectivity index (χ0n) is 21.0. The Morgan fingerprint density at radius 1 is 1.00 bits per heavy atom. The molecule has 10 nitrogen and oxygen atoms in total. The quantitative estimate of drug-likeness (QED) is 0.165. The summed E-state index contributed by atoms with van der Waals surface area (Å²) >= 11 is 4.18. The van der Waals surface area contributed by atoms with Crippen LogP contribution < -0.4 is 15.4 Å². The summed E-state index contributed by atoms with van der Waals surface area (Å²) in [5.74, 6) is -0.616. The Bertz CT molecular complexity index is 1160. The predicted octanol–water partition coefficient (Wildman–Crippen LogP) is 4.49. The zero-order valence-corrected chi connectivity index (χ0v) is 22.7. The van der Waals surface area contributed by atoms with Gasteiger partial charge in [-0.1, -0.05) is 62.8 Å². The predicted molar refractivity (Wildman–Crippen MR) is 145 cm³/mol. The lowest BCUT2D eigenvalue weighted by molar-refractivity contribution is 0.0501. The van der Waals surface area contributed by atoms with Crippen LogP contribution in [0.3, 0.4) is 0 Å². The number of unbranched alkanes of at least 4 members (excludes halogenated alkanes) is 3. The SMILES string of the molecule is CCCCCCN(S)C(=O)NCCCOC(=O)c1cccc(NC(=O)NS(=O)(=O)c2ccc(C)cc2)c1. The maximum atomic E-state index is 12.4. The molecular formula is C25H34N4O6S2. The van der Waals surface area contributed by atoms with Crippen LogP contribution in [0.25, 0.3) is 0 Å². The van der Waals surface area contributed by atoms with E-state index in [0.29, 0.717) is 19.5 Å². The highest BCUT2D eigenvalue weighted by atomic mass is 32.2. The summed E-state index contributed by atoms with van der Waals surface area (Å²) in [7, 11) is -4.05. The van der Waals surface area contributed by atoms with Gasteiger partial charge in [0, 0.05) is 18.8 Å².